The molecule has 0 atom stereocenters. The summed E-state index contributed by atoms with van der Waals surface area (Å²) in [5, 5.41) is 13.1. The predicted octanol–water partition coefficient (Wildman–Crippen LogP) is 1.17. The lowest BCUT2D eigenvalue weighted by atomic mass is 11.4. The molecule has 0 saturated carbocycles. The van der Waals surface area contributed by atoms with Crippen molar-refractivity contribution in [2.24, 2.45) is 5.10 Å². The van der Waals surface area contributed by atoms with Gasteiger partial charge >= 0.3 is 0 Å². The van der Waals surface area contributed by atoms with Crippen LogP contribution in [-0.2, 0) is 0 Å². The monoisotopic (exact) mass is 146 g/mol. The molecule has 0 heterocycles. The highest BCUT2D eigenvalue weighted by molar-refractivity contribution is 6.99. The fourth-order valence-corrected chi connectivity index (χ4v) is 0.770. The van der Waals surface area contributed by atoms with Gasteiger partial charge < -0.3 is 0 Å². The van der Waals surface area contributed by atoms with Gasteiger partial charge in [0.15, 0.2) is 0 Å². The fraction of sp³-hybridized carbons (Fsp3) is 0.800. The van der Waals surface area contributed by atoms with Crippen molar-refractivity contribution in [3.8, 4) is 0 Å². The van der Waals surface area contributed by atoms with Crippen molar-refractivity contribution in [2.75, 3.05) is 7.05 Å². The Kier molecular flexibility index (Phi) is 2.86. The molecule has 0 radical (unpaired) electrons. The summed E-state index contributed by atoms with van der Waals surface area (Å²) in [6, 6.07) is 0. The van der Waals surface area contributed by atoms with E-state index in [-0.39, 0.29) is 0 Å². The molecular formula is C5H14N2OSi. The summed E-state index contributed by atoms with van der Waals surface area (Å²) >= 11 is 0. The van der Waals surface area contributed by atoms with Crippen molar-refractivity contribution in [1.29, 1.82) is 0 Å². The Morgan fingerprint density at radius 3 is 2.00 bits per heavy atom. The molecule has 0 aromatic carbocycles. The Hall–Kier alpha value is -0.353. The van der Waals surface area contributed by atoms with Crippen LogP contribution in [0.1, 0.15) is 0 Å². The predicted molar refractivity (Wildman–Crippen MR) is 41.4 cm³/mol. The molecular weight excluding hydrogens is 132 g/mol. The molecule has 0 aliphatic heterocycles. The minimum absolute atomic E-state index is 0.832. The van der Waals surface area contributed by atoms with Crippen LogP contribution >= 0.6 is 0 Å². The Balaban J connectivity index is 3.71. The lowest BCUT2D eigenvalue weighted by molar-refractivity contribution is -0.0620. The molecule has 0 saturated heterocycles. The van der Waals surface area contributed by atoms with E-state index in [0.717, 1.165) is 5.17 Å². The van der Waals surface area contributed by atoms with Gasteiger partial charge in [0, 0.05) is 5.84 Å². The highest BCUT2D eigenvalue weighted by atomic mass is 28.3. The lowest BCUT2D eigenvalue weighted by Crippen LogP contribution is -2.24. The van der Waals surface area contributed by atoms with Gasteiger partial charge in [-0.25, -0.2) is 0 Å². The maximum Gasteiger partial charge on any atom is 0.0941 e. The summed E-state index contributed by atoms with van der Waals surface area (Å²) in [6.45, 7) is 6.46. The SMILES string of the molecule is CN(O)/N=C/[Si](C)(C)C. The van der Waals surface area contributed by atoms with Gasteiger partial charge in [0.2, 0.25) is 0 Å². The van der Waals surface area contributed by atoms with Crippen molar-refractivity contribution in [3.05, 3.63) is 0 Å². The first-order valence-electron chi connectivity index (χ1n) is 2.89. The van der Waals surface area contributed by atoms with Crippen LogP contribution in [0, 0.1) is 0 Å². The summed E-state index contributed by atoms with van der Waals surface area (Å²) < 4.78 is 0. The fourth-order valence-electron chi connectivity index (χ4n) is 0.257. The Labute approximate surface area is 57.0 Å². The van der Waals surface area contributed by atoms with Gasteiger partial charge in [0.1, 0.15) is 0 Å². The number of hydrogen-bond donors (Lipinski definition) is 1. The highest BCUT2D eigenvalue weighted by Crippen LogP contribution is 1.94. The number of hydrogen-bond acceptors (Lipinski definition) is 3. The van der Waals surface area contributed by atoms with Gasteiger partial charge in [0.25, 0.3) is 0 Å². The summed E-state index contributed by atoms with van der Waals surface area (Å²) in [7, 11) is 0.283. The first-order chi connectivity index (χ1) is 3.92. The molecule has 4 heteroatoms. The molecule has 54 valence electrons. The number of hydroxylamine groups is 1. The van der Waals surface area contributed by atoms with Crippen LogP contribution in [-0.4, -0.2) is 31.3 Å². The van der Waals surface area contributed by atoms with Crippen LogP contribution in [0.15, 0.2) is 5.10 Å². The van der Waals surface area contributed by atoms with Crippen molar-refractivity contribution in [2.45, 2.75) is 19.6 Å². The summed E-state index contributed by atoms with van der Waals surface area (Å²) in [5.74, 6) is 1.83. The van der Waals surface area contributed by atoms with Crippen LogP contribution in [0.5, 0.6) is 0 Å². The molecule has 0 amide bonds. The highest BCUT2D eigenvalue weighted by Gasteiger charge is 2.08. The minimum atomic E-state index is -1.21. The second-order valence-electron chi connectivity index (χ2n) is 3.10. The van der Waals surface area contributed by atoms with E-state index in [0.29, 0.717) is 0 Å². The van der Waals surface area contributed by atoms with Crippen molar-refractivity contribution in [1.82, 2.24) is 5.17 Å². The van der Waals surface area contributed by atoms with E-state index in [9.17, 15) is 0 Å². The smallest absolute Gasteiger partial charge is 0.0941 e. The molecule has 0 spiro atoms. The van der Waals surface area contributed by atoms with E-state index in [2.05, 4.69) is 24.7 Å². The Morgan fingerprint density at radius 1 is 1.44 bits per heavy atom. The van der Waals surface area contributed by atoms with Crippen LogP contribution in [0.3, 0.4) is 0 Å². The normalized spacial score (nSPS) is 12.6. The zero-order valence-electron chi connectivity index (χ0n) is 6.42. The van der Waals surface area contributed by atoms with Crippen molar-refractivity contribution in [3.63, 3.8) is 0 Å². The van der Waals surface area contributed by atoms with Crippen LogP contribution in [0.4, 0.5) is 0 Å². The maximum atomic E-state index is 8.57. The lowest BCUT2D eigenvalue weighted by Gasteiger charge is -2.08. The summed E-state index contributed by atoms with van der Waals surface area (Å²) in [6.07, 6.45) is 0. The average Bonchev–Trinajstić information content (AvgIpc) is 1.59. The van der Waals surface area contributed by atoms with E-state index in [1.807, 2.05) is 5.84 Å². The van der Waals surface area contributed by atoms with Gasteiger partial charge in [-0.05, 0) is 0 Å². The first-order valence-corrected chi connectivity index (χ1v) is 6.47. The first kappa shape index (κ1) is 8.65. The third-order valence-corrected chi connectivity index (χ3v) is 1.50. The van der Waals surface area contributed by atoms with Gasteiger partial charge in [-0.1, -0.05) is 19.6 Å². The zero-order valence-corrected chi connectivity index (χ0v) is 7.42. The standard InChI is InChI=1S/C5H14N2OSi/c1-7(8)6-5-9(2,3)4/h5,8H,1-4H3/b6-5+. The molecule has 0 bridgehead atoms. The summed E-state index contributed by atoms with van der Waals surface area (Å²) in [5.41, 5.74) is 0. The van der Waals surface area contributed by atoms with Gasteiger partial charge in [-0.15, -0.1) is 0 Å². The number of hydrazone groups is 1. The quantitative estimate of drug-likeness (QED) is 0.360. The molecule has 0 rings (SSSR count). The molecule has 0 unspecified atom stereocenters. The van der Waals surface area contributed by atoms with Gasteiger partial charge in [-0.3, -0.25) is 5.21 Å². The number of rotatable bonds is 2. The average molecular weight is 146 g/mol. The van der Waals surface area contributed by atoms with E-state index in [1.165, 1.54) is 7.05 Å². The zero-order chi connectivity index (χ0) is 7.49. The van der Waals surface area contributed by atoms with Crippen LogP contribution < -0.4 is 0 Å². The summed E-state index contributed by atoms with van der Waals surface area (Å²) in [4.78, 5) is 0. The minimum Gasteiger partial charge on any atom is -0.272 e. The van der Waals surface area contributed by atoms with Gasteiger partial charge in [0.05, 0.1) is 15.1 Å². The van der Waals surface area contributed by atoms with E-state index >= 15 is 0 Å². The second-order valence-corrected chi connectivity index (χ2v) is 8.09. The topological polar surface area (TPSA) is 35.8 Å². The molecule has 0 aliphatic rings. The third-order valence-electron chi connectivity index (χ3n) is 0.612. The molecule has 0 aromatic rings. The molecule has 0 aromatic heterocycles. The molecule has 9 heavy (non-hydrogen) atoms. The third kappa shape index (κ3) is 7.65. The van der Waals surface area contributed by atoms with Crippen LogP contribution in [0.25, 0.3) is 0 Å². The Bertz CT molecular complexity index is 106. The molecule has 0 fully saturated rings. The van der Waals surface area contributed by atoms with E-state index in [1.54, 1.807) is 0 Å². The molecule has 1 N–H and O–H groups in total. The molecule has 3 nitrogen and oxygen atoms in total. The Morgan fingerprint density at radius 2 is 1.89 bits per heavy atom. The van der Waals surface area contributed by atoms with E-state index in [4.69, 9.17) is 5.21 Å². The van der Waals surface area contributed by atoms with E-state index < -0.39 is 8.07 Å². The molecule has 0 aliphatic carbocycles. The van der Waals surface area contributed by atoms with Crippen LogP contribution in [0.2, 0.25) is 19.6 Å². The maximum absolute atomic E-state index is 8.57. The number of nitrogens with zero attached hydrogens (tertiary/aromatic N) is 2. The van der Waals surface area contributed by atoms with Crippen molar-refractivity contribution < 1.29 is 5.21 Å². The van der Waals surface area contributed by atoms with Crippen molar-refractivity contribution >= 4 is 13.9 Å². The largest absolute Gasteiger partial charge is 0.272 e. The van der Waals surface area contributed by atoms with Gasteiger partial charge in [-0.2, -0.15) is 10.3 Å². The second kappa shape index (κ2) is 2.98.